The van der Waals surface area contributed by atoms with E-state index in [1.807, 2.05) is 44.2 Å². The van der Waals surface area contributed by atoms with E-state index in [2.05, 4.69) is 14.7 Å². The molecule has 0 aliphatic carbocycles. The largest absolute Gasteiger partial charge is 0.490 e. The summed E-state index contributed by atoms with van der Waals surface area (Å²) in [7, 11) is -3.63. The molecule has 170 valence electrons. The van der Waals surface area contributed by atoms with E-state index in [0.29, 0.717) is 28.1 Å². The fourth-order valence-corrected chi connectivity index (χ4v) is 4.63. The first-order chi connectivity index (χ1) is 15.6. The van der Waals surface area contributed by atoms with Crippen molar-refractivity contribution in [3.05, 3.63) is 83.6 Å². The van der Waals surface area contributed by atoms with Crippen LogP contribution in [0.4, 0.5) is 0 Å². The van der Waals surface area contributed by atoms with Crippen LogP contribution in [-0.2, 0) is 15.8 Å². The van der Waals surface area contributed by atoms with Gasteiger partial charge in [0.05, 0.1) is 22.5 Å². The van der Waals surface area contributed by atoms with Gasteiger partial charge in [-0.25, -0.2) is 8.42 Å². The van der Waals surface area contributed by atoms with Crippen molar-refractivity contribution in [2.24, 2.45) is 10.1 Å². The van der Waals surface area contributed by atoms with E-state index in [9.17, 15) is 13.2 Å². The molecule has 0 fully saturated rings. The Balaban J connectivity index is 1.47. The van der Waals surface area contributed by atoms with Crippen LogP contribution >= 0.6 is 0 Å². The SMILES string of the molecule is CC(C)(COc1cccc2c1C(N)=NS(=O)(=O)C2)NC(=O)c1ccnc(-c2ccccc2)c1. The standard InChI is InChI=1S/C24H24N4O4S/c1-24(2,15-32-20-10-6-9-18-14-33(30,31)28-22(25)21(18)20)27-23(29)17-11-12-26-19(13-17)16-7-4-3-5-8-16/h3-13H,14-15H2,1-2H3,(H2,25,28)(H,27,29). The van der Waals surface area contributed by atoms with Gasteiger partial charge in [0.1, 0.15) is 18.2 Å². The van der Waals surface area contributed by atoms with Gasteiger partial charge in [0, 0.05) is 17.3 Å². The molecule has 0 unspecified atom stereocenters. The highest BCUT2D eigenvalue weighted by molar-refractivity contribution is 7.89. The zero-order chi connectivity index (χ0) is 23.6. The molecule has 0 saturated carbocycles. The van der Waals surface area contributed by atoms with E-state index >= 15 is 0 Å². The quantitative estimate of drug-likeness (QED) is 0.578. The monoisotopic (exact) mass is 464 g/mol. The normalized spacial score (nSPS) is 14.7. The highest BCUT2D eigenvalue weighted by Gasteiger charge is 2.27. The number of rotatable bonds is 6. The molecule has 0 saturated heterocycles. The molecule has 1 aliphatic heterocycles. The van der Waals surface area contributed by atoms with Crippen LogP contribution in [0.1, 0.15) is 35.3 Å². The summed E-state index contributed by atoms with van der Waals surface area (Å²) in [5.74, 6) is -0.169. The molecule has 1 aromatic heterocycles. The summed E-state index contributed by atoms with van der Waals surface area (Å²) in [5.41, 5.74) is 8.28. The predicted molar refractivity (Wildman–Crippen MR) is 127 cm³/mol. The zero-order valence-corrected chi connectivity index (χ0v) is 19.1. The maximum atomic E-state index is 12.9. The molecule has 0 spiro atoms. The lowest BCUT2D eigenvalue weighted by molar-refractivity contribution is 0.0880. The predicted octanol–water partition coefficient (Wildman–Crippen LogP) is 2.88. The molecule has 2 aromatic carbocycles. The number of hydrogen-bond acceptors (Lipinski definition) is 6. The molecule has 8 nitrogen and oxygen atoms in total. The minimum absolute atomic E-state index is 0.0982. The number of sulfonamides is 1. The van der Waals surface area contributed by atoms with Gasteiger partial charge in [-0.3, -0.25) is 9.78 Å². The van der Waals surface area contributed by atoms with Crippen LogP contribution in [0.5, 0.6) is 5.75 Å². The molecule has 2 heterocycles. The maximum Gasteiger partial charge on any atom is 0.259 e. The lowest BCUT2D eigenvalue weighted by Gasteiger charge is -2.27. The van der Waals surface area contributed by atoms with Crippen molar-refractivity contribution in [1.29, 1.82) is 0 Å². The molecule has 3 aromatic rings. The van der Waals surface area contributed by atoms with Crippen LogP contribution in [-0.4, -0.2) is 37.3 Å². The van der Waals surface area contributed by atoms with Gasteiger partial charge in [-0.2, -0.15) is 0 Å². The molecular formula is C24H24N4O4S. The minimum Gasteiger partial charge on any atom is -0.490 e. The number of nitrogens with two attached hydrogens (primary N) is 1. The van der Waals surface area contributed by atoms with Crippen LogP contribution < -0.4 is 15.8 Å². The van der Waals surface area contributed by atoms with Gasteiger partial charge in [0.25, 0.3) is 15.9 Å². The number of amides is 1. The van der Waals surface area contributed by atoms with Crippen molar-refractivity contribution in [3.63, 3.8) is 0 Å². The smallest absolute Gasteiger partial charge is 0.259 e. The molecular weight excluding hydrogens is 440 g/mol. The van der Waals surface area contributed by atoms with E-state index in [0.717, 1.165) is 5.56 Å². The van der Waals surface area contributed by atoms with Crippen molar-refractivity contribution < 1.29 is 17.9 Å². The van der Waals surface area contributed by atoms with Crippen LogP contribution in [0.2, 0.25) is 0 Å². The van der Waals surface area contributed by atoms with E-state index in [4.69, 9.17) is 10.5 Å². The summed E-state index contributed by atoms with van der Waals surface area (Å²) < 4.78 is 33.3. The molecule has 33 heavy (non-hydrogen) atoms. The van der Waals surface area contributed by atoms with Crippen LogP contribution in [0.15, 0.2) is 71.3 Å². The fourth-order valence-electron chi connectivity index (χ4n) is 3.54. The average molecular weight is 465 g/mol. The summed E-state index contributed by atoms with van der Waals surface area (Å²) in [6.07, 6.45) is 1.60. The van der Waals surface area contributed by atoms with Gasteiger partial charge in [0.2, 0.25) is 0 Å². The van der Waals surface area contributed by atoms with Gasteiger partial charge in [0.15, 0.2) is 0 Å². The van der Waals surface area contributed by atoms with Gasteiger partial charge in [-0.1, -0.05) is 42.5 Å². The number of hydrogen-bond donors (Lipinski definition) is 2. The van der Waals surface area contributed by atoms with E-state index in [1.54, 1.807) is 36.5 Å². The molecule has 1 amide bonds. The number of pyridine rings is 1. The van der Waals surface area contributed by atoms with Crippen molar-refractivity contribution in [2.45, 2.75) is 25.1 Å². The van der Waals surface area contributed by atoms with Crippen LogP contribution in [0.3, 0.4) is 0 Å². The summed E-state index contributed by atoms with van der Waals surface area (Å²) in [5, 5.41) is 2.98. The van der Waals surface area contributed by atoms with Crippen LogP contribution in [0.25, 0.3) is 11.3 Å². The average Bonchev–Trinajstić information content (AvgIpc) is 2.77. The first-order valence-corrected chi connectivity index (χ1v) is 11.9. The highest BCUT2D eigenvalue weighted by atomic mass is 32.2. The second kappa shape index (κ2) is 8.67. The Hall–Kier alpha value is -3.72. The molecule has 3 N–H and O–H groups in total. The molecule has 9 heteroatoms. The lowest BCUT2D eigenvalue weighted by atomic mass is 10.0. The lowest BCUT2D eigenvalue weighted by Crippen LogP contribution is -2.48. The third-order valence-corrected chi connectivity index (χ3v) is 6.23. The summed E-state index contributed by atoms with van der Waals surface area (Å²) in [6.45, 7) is 3.80. The Morgan fingerprint density at radius 1 is 1.12 bits per heavy atom. The molecule has 0 bridgehead atoms. The van der Waals surface area contributed by atoms with Crippen molar-refractivity contribution in [1.82, 2.24) is 10.3 Å². The third-order valence-electron chi connectivity index (χ3n) is 5.08. The van der Waals surface area contributed by atoms with E-state index in [1.165, 1.54) is 0 Å². The first kappa shape index (κ1) is 22.5. The summed E-state index contributed by atoms with van der Waals surface area (Å²) >= 11 is 0. The fraction of sp³-hybridized carbons (Fsp3) is 0.208. The summed E-state index contributed by atoms with van der Waals surface area (Å²) in [6, 6.07) is 18.1. The highest BCUT2D eigenvalue weighted by Crippen LogP contribution is 2.28. The number of ether oxygens (including phenoxy) is 1. The molecule has 1 aliphatic rings. The van der Waals surface area contributed by atoms with Gasteiger partial charge in [-0.15, -0.1) is 4.40 Å². The number of nitrogens with one attached hydrogen (secondary N) is 1. The second-order valence-electron chi connectivity index (χ2n) is 8.42. The number of aromatic nitrogens is 1. The van der Waals surface area contributed by atoms with E-state index in [-0.39, 0.29) is 24.1 Å². The molecule has 0 atom stereocenters. The number of carbonyl (C=O) groups is 1. The Morgan fingerprint density at radius 3 is 2.64 bits per heavy atom. The Morgan fingerprint density at radius 2 is 1.88 bits per heavy atom. The molecule has 0 radical (unpaired) electrons. The number of amidine groups is 1. The number of carbonyl (C=O) groups excluding carboxylic acids is 1. The van der Waals surface area contributed by atoms with Crippen LogP contribution in [0, 0.1) is 0 Å². The van der Waals surface area contributed by atoms with Gasteiger partial charge in [-0.05, 0) is 37.6 Å². The Labute approximate surface area is 192 Å². The minimum atomic E-state index is -3.63. The van der Waals surface area contributed by atoms with Crippen molar-refractivity contribution >= 4 is 21.8 Å². The van der Waals surface area contributed by atoms with Crippen molar-refractivity contribution in [2.75, 3.05) is 6.61 Å². The van der Waals surface area contributed by atoms with Gasteiger partial charge >= 0.3 is 0 Å². The van der Waals surface area contributed by atoms with Gasteiger partial charge < -0.3 is 15.8 Å². The first-order valence-electron chi connectivity index (χ1n) is 10.3. The number of nitrogens with zero attached hydrogens (tertiary/aromatic N) is 2. The van der Waals surface area contributed by atoms with E-state index < -0.39 is 15.6 Å². The third kappa shape index (κ3) is 5.20. The topological polar surface area (TPSA) is 124 Å². The Kier molecular flexibility index (Phi) is 5.90. The zero-order valence-electron chi connectivity index (χ0n) is 18.3. The molecule has 4 rings (SSSR count). The summed E-state index contributed by atoms with van der Waals surface area (Å²) in [4.78, 5) is 17.3. The Bertz CT molecular complexity index is 1340. The number of benzene rings is 2. The second-order valence-corrected chi connectivity index (χ2v) is 10.1. The maximum absolute atomic E-state index is 12.9. The van der Waals surface area contributed by atoms with Crippen molar-refractivity contribution in [3.8, 4) is 17.0 Å². The number of fused-ring (bicyclic) bond motifs is 1.